The third-order valence-corrected chi connectivity index (χ3v) is 2.46. The van der Waals surface area contributed by atoms with Crippen molar-refractivity contribution in [2.24, 2.45) is 0 Å². The van der Waals surface area contributed by atoms with Gasteiger partial charge in [0, 0.05) is 12.1 Å². The number of benzene rings is 1. The fraction of sp³-hybridized carbons (Fsp3) is 0.167. The Kier molecular flexibility index (Phi) is 5.20. The van der Waals surface area contributed by atoms with Crippen LogP contribution in [0.25, 0.3) is 6.08 Å². The van der Waals surface area contributed by atoms with Gasteiger partial charge in [0.15, 0.2) is 5.78 Å². The maximum atomic E-state index is 11.5. The molecule has 19 heavy (non-hydrogen) atoms. The van der Waals surface area contributed by atoms with Crippen molar-refractivity contribution in [2.75, 3.05) is 13.0 Å². The number of non-ortho nitro benzene ring substituents is 1. The molecule has 0 aromatic heterocycles. The SMILES string of the molecule is COC(=O)C(=Cc1cccc([N+](=O)[O-])c1)C(=O)CCl. The van der Waals surface area contributed by atoms with Crippen LogP contribution in [0.15, 0.2) is 29.8 Å². The van der Waals surface area contributed by atoms with Gasteiger partial charge in [0.1, 0.15) is 5.57 Å². The standard InChI is InChI=1S/C12H10ClNO5/c1-19-12(16)10(11(15)7-13)6-8-3-2-4-9(5-8)14(17)18/h2-6H,7H2,1H3. The molecule has 0 bridgehead atoms. The smallest absolute Gasteiger partial charge is 0.341 e. The lowest BCUT2D eigenvalue weighted by molar-refractivity contribution is -0.384. The molecule has 0 aliphatic heterocycles. The van der Waals surface area contributed by atoms with Crippen molar-refractivity contribution in [1.29, 1.82) is 0 Å². The van der Waals surface area contributed by atoms with Crippen LogP contribution in [-0.4, -0.2) is 29.7 Å². The summed E-state index contributed by atoms with van der Waals surface area (Å²) in [7, 11) is 1.13. The first kappa shape index (κ1) is 14.8. The van der Waals surface area contributed by atoms with Gasteiger partial charge in [-0.05, 0) is 11.6 Å². The molecule has 6 nitrogen and oxygen atoms in total. The number of Topliss-reactive ketones (excluding diaryl/α,β-unsaturated/α-hetero) is 1. The number of ether oxygens (including phenoxy) is 1. The van der Waals surface area contributed by atoms with E-state index < -0.39 is 16.7 Å². The average molecular weight is 284 g/mol. The molecule has 1 aromatic rings. The van der Waals surface area contributed by atoms with Crippen LogP contribution in [0.1, 0.15) is 5.56 Å². The van der Waals surface area contributed by atoms with E-state index in [9.17, 15) is 19.7 Å². The van der Waals surface area contributed by atoms with Crippen LogP contribution in [0.5, 0.6) is 0 Å². The number of nitro benzene ring substituents is 1. The number of esters is 1. The number of alkyl halides is 1. The topological polar surface area (TPSA) is 86.5 Å². The monoisotopic (exact) mass is 283 g/mol. The third kappa shape index (κ3) is 3.89. The highest BCUT2D eigenvalue weighted by molar-refractivity contribution is 6.35. The lowest BCUT2D eigenvalue weighted by Gasteiger charge is -2.02. The fourth-order valence-electron chi connectivity index (χ4n) is 1.33. The Morgan fingerprint density at radius 1 is 1.47 bits per heavy atom. The van der Waals surface area contributed by atoms with E-state index in [4.69, 9.17) is 11.6 Å². The van der Waals surface area contributed by atoms with Gasteiger partial charge in [-0.25, -0.2) is 4.79 Å². The molecule has 0 atom stereocenters. The summed E-state index contributed by atoms with van der Waals surface area (Å²) in [5.41, 5.74) is -0.0534. The van der Waals surface area contributed by atoms with Gasteiger partial charge in [-0.3, -0.25) is 14.9 Å². The maximum absolute atomic E-state index is 11.5. The molecule has 0 unspecified atom stereocenters. The maximum Gasteiger partial charge on any atom is 0.341 e. The van der Waals surface area contributed by atoms with Gasteiger partial charge < -0.3 is 4.74 Å². The molecular weight excluding hydrogens is 274 g/mol. The normalized spacial score (nSPS) is 10.9. The Labute approximate surface area is 113 Å². The van der Waals surface area contributed by atoms with Crippen LogP contribution in [-0.2, 0) is 14.3 Å². The minimum atomic E-state index is -0.836. The molecule has 1 aromatic carbocycles. The molecule has 100 valence electrons. The van der Waals surface area contributed by atoms with Crippen LogP contribution in [0, 0.1) is 10.1 Å². The number of nitro groups is 1. The second-order valence-corrected chi connectivity index (χ2v) is 3.73. The van der Waals surface area contributed by atoms with Gasteiger partial charge in [-0.15, -0.1) is 11.6 Å². The highest BCUT2D eigenvalue weighted by atomic mass is 35.5. The predicted molar refractivity (Wildman–Crippen MR) is 68.8 cm³/mol. The van der Waals surface area contributed by atoms with Gasteiger partial charge in [-0.2, -0.15) is 0 Å². The first-order chi connectivity index (χ1) is 8.99. The number of hydrogen-bond donors (Lipinski definition) is 0. The molecule has 0 saturated carbocycles. The number of methoxy groups -OCH3 is 1. The highest BCUT2D eigenvalue weighted by Crippen LogP contribution is 2.16. The van der Waals surface area contributed by atoms with Crippen molar-refractivity contribution in [3.8, 4) is 0 Å². The fourth-order valence-corrected chi connectivity index (χ4v) is 1.47. The number of halogens is 1. The molecule has 0 aliphatic rings. The zero-order chi connectivity index (χ0) is 14.4. The van der Waals surface area contributed by atoms with E-state index in [0.717, 1.165) is 7.11 Å². The quantitative estimate of drug-likeness (QED) is 0.157. The molecule has 7 heteroatoms. The largest absolute Gasteiger partial charge is 0.465 e. The first-order valence-corrected chi connectivity index (χ1v) is 5.66. The van der Waals surface area contributed by atoms with Gasteiger partial charge in [0.2, 0.25) is 0 Å². The van der Waals surface area contributed by atoms with Gasteiger partial charge in [-0.1, -0.05) is 12.1 Å². The summed E-state index contributed by atoms with van der Waals surface area (Å²) in [6.07, 6.45) is 1.21. The Morgan fingerprint density at radius 3 is 2.68 bits per heavy atom. The predicted octanol–water partition coefficient (Wildman–Crippen LogP) is 1.96. The number of nitrogens with zero attached hydrogens (tertiary/aromatic N) is 1. The first-order valence-electron chi connectivity index (χ1n) is 5.13. The van der Waals surface area contributed by atoms with Gasteiger partial charge >= 0.3 is 5.97 Å². The van der Waals surface area contributed by atoms with E-state index >= 15 is 0 Å². The minimum absolute atomic E-state index is 0.142. The van der Waals surface area contributed by atoms with E-state index in [2.05, 4.69) is 4.74 Å². The molecule has 0 amide bonds. The summed E-state index contributed by atoms with van der Waals surface area (Å²) in [5, 5.41) is 10.6. The zero-order valence-electron chi connectivity index (χ0n) is 9.96. The Balaban J connectivity index is 3.22. The summed E-state index contributed by atoms with van der Waals surface area (Å²) in [6.45, 7) is 0. The van der Waals surface area contributed by atoms with Crippen molar-refractivity contribution in [2.45, 2.75) is 0 Å². The lowest BCUT2D eigenvalue weighted by atomic mass is 10.1. The molecule has 0 spiro atoms. The zero-order valence-corrected chi connectivity index (χ0v) is 10.7. The molecule has 0 aliphatic carbocycles. The Hall–Kier alpha value is -2.21. The van der Waals surface area contributed by atoms with Crippen LogP contribution < -0.4 is 0 Å². The van der Waals surface area contributed by atoms with Crippen LogP contribution in [0.4, 0.5) is 5.69 Å². The van der Waals surface area contributed by atoms with Crippen molar-refractivity contribution >= 4 is 35.1 Å². The van der Waals surface area contributed by atoms with Gasteiger partial charge in [0.25, 0.3) is 5.69 Å². The summed E-state index contributed by atoms with van der Waals surface area (Å²) in [5.74, 6) is -1.83. The summed E-state index contributed by atoms with van der Waals surface area (Å²) in [4.78, 5) is 33.0. The number of carbonyl (C=O) groups excluding carboxylic acids is 2. The number of hydrogen-bond acceptors (Lipinski definition) is 5. The molecular formula is C12H10ClNO5. The second-order valence-electron chi connectivity index (χ2n) is 3.46. The van der Waals surface area contributed by atoms with Gasteiger partial charge in [0.05, 0.1) is 17.9 Å². The molecule has 0 radical (unpaired) electrons. The van der Waals surface area contributed by atoms with Crippen molar-refractivity contribution in [1.82, 2.24) is 0 Å². The number of rotatable bonds is 5. The van der Waals surface area contributed by atoms with Crippen molar-refractivity contribution in [3.63, 3.8) is 0 Å². The Bertz CT molecular complexity index is 535. The summed E-state index contributed by atoms with van der Waals surface area (Å²) < 4.78 is 4.46. The van der Waals surface area contributed by atoms with E-state index in [1.165, 1.54) is 30.3 Å². The lowest BCUT2D eigenvalue weighted by Crippen LogP contribution is -2.15. The summed E-state index contributed by atoms with van der Waals surface area (Å²) in [6, 6.07) is 5.52. The molecule has 0 N–H and O–H groups in total. The second kappa shape index (κ2) is 6.65. The third-order valence-electron chi connectivity index (χ3n) is 2.22. The van der Waals surface area contributed by atoms with E-state index in [1.54, 1.807) is 0 Å². The van der Waals surface area contributed by atoms with Crippen molar-refractivity contribution in [3.05, 3.63) is 45.5 Å². The number of carbonyl (C=O) groups is 2. The number of ketones is 1. The van der Waals surface area contributed by atoms with Crippen LogP contribution in [0.3, 0.4) is 0 Å². The average Bonchev–Trinajstić information content (AvgIpc) is 2.43. The highest BCUT2D eigenvalue weighted by Gasteiger charge is 2.18. The minimum Gasteiger partial charge on any atom is -0.465 e. The van der Waals surface area contributed by atoms with Crippen molar-refractivity contribution < 1.29 is 19.2 Å². The van der Waals surface area contributed by atoms with Crippen LogP contribution >= 0.6 is 11.6 Å². The molecule has 0 fully saturated rings. The Morgan fingerprint density at radius 2 is 2.16 bits per heavy atom. The van der Waals surface area contributed by atoms with Crippen LogP contribution in [0.2, 0.25) is 0 Å². The molecule has 1 rings (SSSR count). The summed E-state index contributed by atoms with van der Waals surface area (Å²) >= 11 is 5.39. The van der Waals surface area contributed by atoms with E-state index in [-0.39, 0.29) is 17.1 Å². The van der Waals surface area contributed by atoms with E-state index in [0.29, 0.717) is 5.56 Å². The molecule has 0 heterocycles. The van der Waals surface area contributed by atoms with E-state index in [1.807, 2.05) is 0 Å². The molecule has 0 saturated heterocycles.